The highest BCUT2D eigenvalue weighted by molar-refractivity contribution is 5.90. The zero-order chi connectivity index (χ0) is 19.1. The number of amides is 1. The van der Waals surface area contributed by atoms with Gasteiger partial charge in [-0.05, 0) is 43.5 Å². The first-order valence-electron chi connectivity index (χ1n) is 9.70. The smallest absolute Gasteiger partial charge is 0.331 e. The van der Waals surface area contributed by atoms with Crippen LogP contribution < -0.4 is 14.8 Å². The van der Waals surface area contributed by atoms with E-state index in [0.29, 0.717) is 24.7 Å². The topological polar surface area (TPSA) is 73.9 Å². The normalized spacial score (nSPS) is 18.6. The Balaban J connectivity index is 1.49. The second-order valence-corrected chi connectivity index (χ2v) is 7.01. The summed E-state index contributed by atoms with van der Waals surface area (Å²) in [4.78, 5) is 24.3. The minimum Gasteiger partial charge on any atom is -0.486 e. The molecule has 6 heteroatoms. The van der Waals surface area contributed by atoms with E-state index in [9.17, 15) is 9.59 Å². The van der Waals surface area contributed by atoms with Crippen molar-refractivity contribution in [1.29, 1.82) is 0 Å². The van der Waals surface area contributed by atoms with E-state index in [1.807, 2.05) is 12.1 Å². The molecule has 0 spiro atoms. The second-order valence-electron chi connectivity index (χ2n) is 7.01. The average molecular weight is 373 g/mol. The minimum absolute atomic E-state index is 0.189. The number of carbonyl (C=O) groups is 2. The zero-order valence-electron chi connectivity index (χ0n) is 15.7. The number of fused-ring (bicyclic) bond motifs is 1. The van der Waals surface area contributed by atoms with Crippen molar-refractivity contribution in [2.75, 3.05) is 13.2 Å². The van der Waals surface area contributed by atoms with Gasteiger partial charge in [0.25, 0.3) is 5.91 Å². The summed E-state index contributed by atoms with van der Waals surface area (Å²) in [6.07, 6.45) is 8.85. The first-order valence-corrected chi connectivity index (χ1v) is 9.70. The Bertz CT molecular complexity index is 692. The summed E-state index contributed by atoms with van der Waals surface area (Å²) in [5.41, 5.74) is 0.798. The van der Waals surface area contributed by atoms with Crippen LogP contribution in [0.4, 0.5) is 0 Å². The van der Waals surface area contributed by atoms with Gasteiger partial charge < -0.3 is 19.5 Å². The largest absolute Gasteiger partial charge is 0.486 e. The standard InChI is InChI=1S/C21H27NO5/c1-15(21(24)22-17-6-4-2-3-5-7-17)27-20(23)11-9-16-8-10-18-19(14-16)26-13-12-25-18/h8-11,14-15,17H,2-7,12-13H2,1H3,(H,22,24)/b11-9+/t15-/m0/s1. The Hall–Kier alpha value is -2.50. The molecule has 1 amide bonds. The monoisotopic (exact) mass is 373 g/mol. The van der Waals surface area contributed by atoms with E-state index in [1.54, 1.807) is 19.1 Å². The van der Waals surface area contributed by atoms with Gasteiger partial charge in [-0.15, -0.1) is 0 Å². The van der Waals surface area contributed by atoms with Gasteiger partial charge in [-0.1, -0.05) is 31.7 Å². The third kappa shape index (κ3) is 5.74. The number of nitrogens with one attached hydrogen (secondary N) is 1. The maximum atomic E-state index is 12.3. The fraction of sp³-hybridized carbons (Fsp3) is 0.524. The number of hydrogen-bond acceptors (Lipinski definition) is 5. The van der Waals surface area contributed by atoms with E-state index in [0.717, 1.165) is 31.2 Å². The van der Waals surface area contributed by atoms with Crippen molar-refractivity contribution in [2.24, 2.45) is 0 Å². The lowest BCUT2D eigenvalue weighted by Crippen LogP contribution is -2.41. The van der Waals surface area contributed by atoms with Gasteiger partial charge in [0.2, 0.25) is 0 Å². The molecule has 1 atom stereocenters. The summed E-state index contributed by atoms with van der Waals surface area (Å²) in [6.45, 7) is 2.65. The summed E-state index contributed by atoms with van der Waals surface area (Å²) in [5.74, 6) is 0.578. The van der Waals surface area contributed by atoms with E-state index in [4.69, 9.17) is 14.2 Å². The van der Waals surface area contributed by atoms with Gasteiger partial charge in [0.1, 0.15) is 13.2 Å². The summed E-state index contributed by atoms with van der Waals surface area (Å²) in [6, 6.07) is 5.64. The molecule has 1 fully saturated rings. The van der Waals surface area contributed by atoms with Crippen molar-refractivity contribution in [3.8, 4) is 11.5 Å². The molecule has 1 heterocycles. The van der Waals surface area contributed by atoms with Crippen molar-refractivity contribution in [1.82, 2.24) is 5.32 Å². The Labute approximate surface area is 159 Å². The van der Waals surface area contributed by atoms with Crippen LogP contribution in [0.3, 0.4) is 0 Å². The van der Waals surface area contributed by atoms with Gasteiger partial charge >= 0.3 is 5.97 Å². The van der Waals surface area contributed by atoms with E-state index in [1.165, 1.54) is 18.9 Å². The molecule has 0 bridgehead atoms. The Morgan fingerprint density at radius 3 is 2.56 bits per heavy atom. The van der Waals surface area contributed by atoms with Crippen LogP contribution in [0.2, 0.25) is 0 Å². The third-order valence-corrected chi connectivity index (χ3v) is 4.84. The van der Waals surface area contributed by atoms with Crippen LogP contribution in [0.1, 0.15) is 51.0 Å². The number of esters is 1. The molecule has 1 aliphatic heterocycles. The van der Waals surface area contributed by atoms with Crippen LogP contribution in [-0.2, 0) is 14.3 Å². The lowest BCUT2D eigenvalue weighted by atomic mass is 10.1. The maximum Gasteiger partial charge on any atom is 0.331 e. The number of ether oxygens (including phenoxy) is 3. The molecule has 0 unspecified atom stereocenters. The molecule has 0 radical (unpaired) electrons. The quantitative estimate of drug-likeness (QED) is 0.487. The maximum absolute atomic E-state index is 12.3. The van der Waals surface area contributed by atoms with Gasteiger partial charge in [0.15, 0.2) is 17.6 Å². The summed E-state index contributed by atoms with van der Waals surface area (Å²) < 4.78 is 16.2. The predicted octanol–water partition coefficient (Wildman–Crippen LogP) is 3.24. The zero-order valence-corrected chi connectivity index (χ0v) is 15.7. The highest BCUT2D eigenvalue weighted by atomic mass is 16.6. The molecule has 1 aliphatic carbocycles. The molecule has 6 nitrogen and oxygen atoms in total. The van der Waals surface area contributed by atoms with E-state index in [-0.39, 0.29) is 11.9 Å². The van der Waals surface area contributed by atoms with Crippen LogP contribution in [-0.4, -0.2) is 37.2 Å². The third-order valence-electron chi connectivity index (χ3n) is 4.84. The molecule has 0 saturated heterocycles. The Kier molecular flexibility index (Phi) is 6.74. The fourth-order valence-electron chi connectivity index (χ4n) is 3.34. The predicted molar refractivity (Wildman–Crippen MR) is 102 cm³/mol. The first-order chi connectivity index (χ1) is 13.1. The fourth-order valence-corrected chi connectivity index (χ4v) is 3.34. The molecular weight excluding hydrogens is 346 g/mol. The van der Waals surface area contributed by atoms with Crippen LogP contribution in [0.5, 0.6) is 11.5 Å². The number of benzene rings is 1. The first kappa shape index (κ1) is 19.3. The van der Waals surface area contributed by atoms with Gasteiger partial charge in [-0.3, -0.25) is 4.79 Å². The SMILES string of the molecule is C[C@H](OC(=O)/C=C/c1ccc2c(c1)OCCO2)C(=O)NC1CCCCCC1. The van der Waals surface area contributed by atoms with Crippen molar-refractivity contribution >= 4 is 18.0 Å². The van der Waals surface area contributed by atoms with E-state index < -0.39 is 12.1 Å². The van der Waals surface area contributed by atoms with Crippen LogP contribution in [0, 0.1) is 0 Å². The molecule has 146 valence electrons. The van der Waals surface area contributed by atoms with Gasteiger partial charge in [-0.25, -0.2) is 4.79 Å². The van der Waals surface area contributed by atoms with Crippen LogP contribution >= 0.6 is 0 Å². The molecular formula is C21H27NO5. The number of carbonyl (C=O) groups excluding carboxylic acids is 2. The summed E-state index contributed by atoms with van der Waals surface area (Å²) in [7, 11) is 0. The molecule has 1 saturated carbocycles. The van der Waals surface area contributed by atoms with Crippen LogP contribution in [0.15, 0.2) is 24.3 Å². The summed E-state index contributed by atoms with van der Waals surface area (Å²) in [5, 5.41) is 3.00. The molecule has 2 aliphatic rings. The van der Waals surface area contributed by atoms with Crippen LogP contribution in [0.25, 0.3) is 6.08 Å². The highest BCUT2D eigenvalue weighted by Gasteiger charge is 2.21. The van der Waals surface area contributed by atoms with Crippen molar-refractivity contribution in [2.45, 2.75) is 57.6 Å². The summed E-state index contributed by atoms with van der Waals surface area (Å²) >= 11 is 0. The van der Waals surface area contributed by atoms with E-state index in [2.05, 4.69) is 5.32 Å². The lowest BCUT2D eigenvalue weighted by molar-refractivity contribution is -0.150. The molecule has 27 heavy (non-hydrogen) atoms. The van der Waals surface area contributed by atoms with Crippen molar-refractivity contribution in [3.63, 3.8) is 0 Å². The average Bonchev–Trinajstić information content (AvgIpc) is 2.94. The molecule has 1 aromatic rings. The highest BCUT2D eigenvalue weighted by Crippen LogP contribution is 2.31. The van der Waals surface area contributed by atoms with Gasteiger partial charge in [0, 0.05) is 12.1 Å². The van der Waals surface area contributed by atoms with E-state index >= 15 is 0 Å². The molecule has 1 N–H and O–H groups in total. The molecule has 1 aromatic carbocycles. The molecule has 0 aromatic heterocycles. The Morgan fingerprint density at radius 1 is 1.11 bits per heavy atom. The minimum atomic E-state index is -0.814. The van der Waals surface area contributed by atoms with Gasteiger partial charge in [0.05, 0.1) is 0 Å². The Morgan fingerprint density at radius 2 is 1.81 bits per heavy atom. The molecule has 3 rings (SSSR count). The second kappa shape index (κ2) is 9.44. The van der Waals surface area contributed by atoms with Crippen molar-refractivity contribution in [3.05, 3.63) is 29.8 Å². The number of rotatable bonds is 5. The van der Waals surface area contributed by atoms with Gasteiger partial charge in [-0.2, -0.15) is 0 Å². The van der Waals surface area contributed by atoms with Crippen molar-refractivity contribution < 1.29 is 23.8 Å². The lowest BCUT2D eigenvalue weighted by Gasteiger charge is -2.19. The number of hydrogen-bond donors (Lipinski definition) is 1.